The van der Waals surface area contributed by atoms with Crippen molar-refractivity contribution in [2.24, 2.45) is 0 Å². The smallest absolute Gasteiger partial charge is 0.243 e. The van der Waals surface area contributed by atoms with Crippen molar-refractivity contribution in [3.8, 4) is 0 Å². The summed E-state index contributed by atoms with van der Waals surface area (Å²) in [4.78, 5) is 17.2. The van der Waals surface area contributed by atoms with Gasteiger partial charge in [-0.2, -0.15) is 4.31 Å². The minimum absolute atomic E-state index is 0.0883. The van der Waals surface area contributed by atoms with Crippen molar-refractivity contribution >= 4 is 32.7 Å². The molecule has 7 nitrogen and oxygen atoms in total. The van der Waals surface area contributed by atoms with Gasteiger partial charge >= 0.3 is 0 Å². The molecule has 0 aliphatic carbocycles. The van der Waals surface area contributed by atoms with E-state index in [0.29, 0.717) is 37.4 Å². The van der Waals surface area contributed by atoms with Gasteiger partial charge in [-0.3, -0.25) is 4.79 Å². The van der Waals surface area contributed by atoms with Crippen molar-refractivity contribution in [1.29, 1.82) is 0 Å². The van der Waals surface area contributed by atoms with Gasteiger partial charge in [-0.15, -0.1) is 0 Å². The first kappa shape index (κ1) is 23.3. The molecule has 176 valence electrons. The zero-order chi connectivity index (χ0) is 23.6. The van der Waals surface area contributed by atoms with Crippen molar-refractivity contribution in [1.82, 2.24) is 13.9 Å². The molecule has 0 atom stereocenters. The lowest BCUT2D eigenvalue weighted by Crippen LogP contribution is -2.27. The largest absolute Gasteiger partial charge is 0.328 e. The zero-order valence-electron chi connectivity index (χ0n) is 18.4. The molecule has 0 bridgehead atoms. The molecule has 1 amide bonds. The molecule has 10 heteroatoms. The van der Waals surface area contributed by atoms with Gasteiger partial charge in [-0.1, -0.05) is 6.92 Å². The Balaban J connectivity index is 1.54. The SMILES string of the molecule is CCCn1c(CCC(=O)Nc2ccc(F)c(F)c2)nc2cc(S(=O)(=O)N3CCCC3)ccc21. The summed E-state index contributed by atoms with van der Waals surface area (Å²) in [5.41, 5.74) is 1.56. The maximum atomic E-state index is 13.4. The molecule has 1 aromatic heterocycles. The second-order valence-corrected chi connectivity index (χ2v) is 10.1. The van der Waals surface area contributed by atoms with Gasteiger partial charge in [0.15, 0.2) is 11.6 Å². The summed E-state index contributed by atoms with van der Waals surface area (Å²) in [5.74, 6) is -1.69. The van der Waals surface area contributed by atoms with Crippen LogP contribution in [0.2, 0.25) is 0 Å². The fourth-order valence-corrected chi connectivity index (χ4v) is 5.62. The van der Waals surface area contributed by atoms with E-state index < -0.39 is 21.7 Å². The molecule has 0 unspecified atom stereocenters. The highest BCUT2D eigenvalue weighted by molar-refractivity contribution is 7.89. The first-order valence-corrected chi connectivity index (χ1v) is 12.5. The summed E-state index contributed by atoms with van der Waals surface area (Å²) >= 11 is 0. The summed E-state index contributed by atoms with van der Waals surface area (Å²) in [6.07, 6.45) is 2.98. The minimum atomic E-state index is -3.55. The number of nitrogens with zero attached hydrogens (tertiary/aromatic N) is 3. The second-order valence-electron chi connectivity index (χ2n) is 8.12. The number of hydrogen-bond acceptors (Lipinski definition) is 4. The van der Waals surface area contributed by atoms with Crippen LogP contribution in [0.15, 0.2) is 41.3 Å². The van der Waals surface area contributed by atoms with Gasteiger partial charge in [0.2, 0.25) is 15.9 Å². The molecule has 3 aromatic rings. The Morgan fingerprint density at radius 3 is 2.55 bits per heavy atom. The Kier molecular flexibility index (Phi) is 6.76. The average molecular weight is 477 g/mol. The number of halogens is 2. The Labute approximate surface area is 191 Å². The first-order chi connectivity index (χ1) is 15.8. The maximum absolute atomic E-state index is 13.4. The highest BCUT2D eigenvalue weighted by Crippen LogP contribution is 2.26. The number of rotatable bonds is 8. The summed E-state index contributed by atoms with van der Waals surface area (Å²) in [6, 6.07) is 8.17. The molecule has 0 spiro atoms. The number of aryl methyl sites for hydroxylation is 2. The van der Waals surface area contributed by atoms with Gasteiger partial charge in [0.1, 0.15) is 5.82 Å². The fraction of sp³-hybridized carbons (Fsp3) is 0.391. The topological polar surface area (TPSA) is 84.3 Å². The maximum Gasteiger partial charge on any atom is 0.243 e. The first-order valence-electron chi connectivity index (χ1n) is 11.0. The van der Waals surface area contributed by atoms with E-state index in [0.717, 1.165) is 36.9 Å². The summed E-state index contributed by atoms with van der Waals surface area (Å²) in [7, 11) is -3.55. The third-order valence-corrected chi connectivity index (χ3v) is 7.62. The zero-order valence-corrected chi connectivity index (χ0v) is 19.2. The lowest BCUT2D eigenvalue weighted by molar-refractivity contribution is -0.116. The van der Waals surface area contributed by atoms with Gasteiger partial charge in [0, 0.05) is 44.2 Å². The van der Waals surface area contributed by atoms with Crippen LogP contribution in [-0.2, 0) is 27.8 Å². The predicted molar refractivity (Wildman–Crippen MR) is 121 cm³/mol. The van der Waals surface area contributed by atoms with E-state index in [-0.39, 0.29) is 22.9 Å². The molecule has 2 aromatic carbocycles. The second kappa shape index (κ2) is 9.56. The van der Waals surface area contributed by atoms with Crippen molar-refractivity contribution in [3.05, 3.63) is 53.9 Å². The van der Waals surface area contributed by atoms with E-state index in [1.807, 2.05) is 11.5 Å². The normalized spacial score (nSPS) is 14.8. The van der Waals surface area contributed by atoms with Crippen LogP contribution in [0.1, 0.15) is 38.4 Å². The third kappa shape index (κ3) is 4.91. The number of sulfonamides is 1. The van der Waals surface area contributed by atoms with Crippen LogP contribution < -0.4 is 5.32 Å². The third-order valence-electron chi connectivity index (χ3n) is 5.73. The van der Waals surface area contributed by atoms with Gasteiger partial charge < -0.3 is 9.88 Å². The number of nitrogens with one attached hydrogen (secondary N) is 1. The van der Waals surface area contributed by atoms with Crippen LogP contribution in [-0.4, -0.2) is 41.3 Å². The molecule has 1 fully saturated rings. The van der Waals surface area contributed by atoms with Gasteiger partial charge in [-0.25, -0.2) is 22.2 Å². The predicted octanol–water partition coefficient (Wildman–Crippen LogP) is 4.08. The molecule has 1 saturated heterocycles. The van der Waals surface area contributed by atoms with Crippen LogP contribution >= 0.6 is 0 Å². The van der Waals surface area contributed by atoms with E-state index >= 15 is 0 Å². The van der Waals surface area contributed by atoms with Gasteiger partial charge in [-0.05, 0) is 49.6 Å². The Hall–Kier alpha value is -2.85. The number of benzene rings is 2. The molecule has 33 heavy (non-hydrogen) atoms. The van der Waals surface area contributed by atoms with Crippen molar-refractivity contribution in [2.45, 2.75) is 50.5 Å². The number of fused-ring (bicyclic) bond motifs is 1. The number of anilines is 1. The van der Waals surface area contributed by atoms with E-state index in [2.05, 4.69) is 10.3 Å². The van der Waals surface area contributed by atoms with Crippen LogP contribution in [0.4, 0.5) is 14.5 Å². The number of hydrogen-bond donors (Lipinski definition) is 1. The van der Waals surface area contributed by atoms with Crippen LogP contribution in [0, 0.1) is 11.6 Å². The molecule has 1 N–H and O–H groups in total. The number of carbonyl (C=O) groups is 1. The minimum Gasteiger partial charge on any atom is -0.328 e. The van der Waals surface area contributed by atoms with E-state index in [4.69, 9.17) is 0 Å². The number of aromatic nitrogens is 2. The van der Waals surface area contributed by atoms with E-state index in [9.17, 15) is 22.0 Å². The standard InChI is InChI=1S/C23H26F2N4O3S/c1-2-11-29-21-8-6-17(33(31,32)28-12-3-4-13-28)15-20(21)27-22(29)9-10-23(30)26-16-5-7-18(24)19(25)14-16/h5-8,14-15H,2-4,9-13H2,1H3,(H,26,30). The molecular weight excluding hydrogens is 450 g/mol. The Bertz CT molecular complexity index is 1280. The van der Waals surface area contributed by atoms with Crippen LogP contribution in [0.5, 0.6) is 0 Å². The molecule has 0 saturated carbocycles. The van der Waals surface area contributed by atoms with Gasteiger partial charge in [0.25, 0.3) is 0 Å². The number of imidazole rings is 1. The van der Waals surface area contributed by atoms with Gasteiger partial charge in [0.05, 0.1) is 15.9 Å². The average Bonchev–Trinajstić information content (AvgIpc) is 3.44. The molecule has 4 rings (SSSR count). The van der Waals surface area contributed by atoms with E-state index in [1.54, 1.807) is 18.2 Å². The monoisotopic (exact) mass is 476 g/mol. The Morgan fingerprint density at radius 2 is 1.85 bits per heavy atom. The van der Waals surface area contributed by atoms with Crippen LogP contribution in [0.25, 0.3) is 11.0 Å². The highest BCUT2D eigenvalue weighted by atomic mass is 32.2. The summed E-state index contributed by atoms with van der Waals surface area (Å²) in [6.45, 7) is 3.76. The summed E-state index contributed by atoms with van der Waals surface area (Å²) < 4.78 is 55.8. The fourth-order valence-electron chi connectivity index (χ4n) is 4.08. The van der Waals surface area contributed by atoms with Crippen LogP contribution in [0.3, 0.4) is 0 Å². The molecular formula is C23H26F2N4O3S. The lowest BCUT2D eigenvalue weighted by Gasteiger charge is -2.15. The van der Waals surface area contributed by atoms with E-state index in [1.165, 1.54) is 10.4 Å². The quantitative estimate of drug-likeness (QED) is 0.531. The highest BCUT2D eigenvalue weighted by Gasteiger charge is 2.28. The summed E-state index contributed by atoms with van der Waals surface area (Å²) in [5, 5.41) is 2.56. The van der Waals surface area contributed by atoms with Crippen molar-refractivity contribution in [2.75, 3.05) is 18.4 Å². The Morgan fingerprint density at radius 1 is 1.09 bits per heavy atom. The lowest BCUT2D eigenvalue weighted by atomic mass is 10.2. The van der Waals surface area contributed by atoms with Crippen molar-refractivity contribution < 1.29 is 22.0 Å². The number of amides is 1. The molecule has 1 aliphatic rings. The number of carbonyl (C=O) groups excluding carboxylic acids is 1. The molecule has 2 heterocycles. The molecule has 0 radical (unpaired) electrons. The molecule has 1 aliphatic heterocycles. The van der Waals surface area contributed by atoms with Crippen molar-refractivity contribution in [3.63, 3.8) is 0 Å².